The molecule has 28 heavy (non-hydrogen) atoms. The first-order chi connectivity index (χ1) is 13.7. The van der Waals surface area contributed by atoms with E-state index >= 15 is 0 Å². The van der Waals surface area contributed by atoms with Crippen LogP contribution in [0.4, 0.5) is 11.8 Å². The third-order valence-corrected chi connectivity index (χ3v) is 5.52. The minimum Gasteiger partial charge on any atom is -0.481 e. The van der Waals surface area contributed by atoms with Gasteiger partial charge in [-0.15, -0.1) is 0 Å². The van der Waals surface area contributed by atoms with Gasteiger partial charge in [0.1, 0.15) is 5.82 Å². The summed E-state index contributed by atoms with van der Waals surface area (Å²) in [6.45, 7) is 4.76. The van der Waals surface area contributed by atoms with Gasteiger partial charge in [-0.25, -0.2) is 9.97 Å². The van der Waals surface area contributed by atoms with Crippen molar-refractivity contribution in [3.05, 3.63) is 36.7 Å². The van der Waals surface area contributed by atoms with Gasteiger partial charge < -0.3 is 19.4 Å². The van der Waals surface area contributed by atoms with Gasteiger partial charge in [0.25, 0.3) is 0 Å². The van der Waals surface area contributed by atoms with E-state index in [1.54, 1.807) is 19.4 Å². The van der Waals surface area contributed by atoms with Crippen molar-refractivity contribution in [2.45, 2.75) is 12.8 Å². The molecule has 2 fully saturated rings. The molecule has 2 aromatic heterocycles. The lowest BCUT2D eigenvalue weighted by atomic mass is 9.95. The van der Waals surface area contributed by atoms with Crippen LogP contribution in [0.5, 0.6) is 5.88 Å². The lowest BCUT2D eigenvalue weighted by Crippen LogP contribution is -2.52. The monoisotopic (exact) mass is 382 g/mol. The minimum absolute atomic E-state index is 0.0864. The zero-order chi connectivity index (χ0) is 19.3. The molecule has 0 saturated carbocycles. The first-order valence-electron chi connectivity index (χ1n) is 9.81. The van der Waals surface area contributed by atoms with Crippen molar-refractivity contribution in [1.29, 1.82) is 0 Å². The Morgan fingerprint density at radius 3 is 2.43 bits per heavy atom. The normalized spacial score (nSPS) is 18.2. The number of aromatic nitrogens is 3. The van der Waals surface area contributed by atoms with Crippen LogP contribution in [0.1, 0.15) is 12.8 Å². The van der Waals surface area contributed by atoms with Crippen molar-refractivity contribution >= 4 is 17.7 Å². The number of hydrogen-bond donors (Lipinski definition) is 0. The fourth-order valence-electron chi connectivity index (χ4n) is 3.88. The molecule has 0 aliphatic carbocycles. The summed E-state index contributed by atoms with van der Waals surface area (Å²) in [5, 5.41) is 0. The summed E-state index contributed by atoms with van der Waals surface area (Å²) in [6.07, 6.45) is 5.19. The molecule has 0 radical (unpaired) electrons. The van der Waals surface area contributed by atoms with E-state index in [2.05, 4.69) is 24.8 Å². The molecule has 0 N–H and O–H groups in total. The summed E-state index contributed by atoms with van der Waals surface area (Å²) in [7, 11) is 1.60. The van der Waals surface area contributed by atoms with Crippen LogP contribution in [0, 0.1) is 5.92 Å². The molecule has 4 rings (SSSR count). The Labute approximate surface area is 165 Å². The van der Waals surface area contributed by atoms with Crippen molar-refractivity contribution in [2.24, 2.45) is 5.92 Å². The standard InChI is InChI=1S/C20H26N6O2/c1-28-18-5-9-22-20(23-18)26-10-6-16(7-11-26)19(27)25-14-12-24(13-15-25)17-4-2-3-8-21-17/h2-5,8-9,16H,6-7,10-15H2,1H3. The minimum atomic E-state index is 0.0864. The zero-order valence-corrected chi connectivity index (χ0v) is 16.2. The average Bonchev–Trinajstić information content (AvgIpc) is 2.79. The highest BCUT2D eigenvalue weighted by molar-refractivity contribution is 5.79. The topological polar surface area (TPSA) is 74.7 Å². The van der Waals surface area contributed by atoms with Gasteiger partial charge in [-0.3, -0.25) is 4.79 Å². The lowest BCUT2D eigenvalue weighted by molar-refractivity contribution is -0.136. The smallest absolute Gasteiger partial charge is 0.228 e. The van der Waals surface area contributed by atoms with E-state index in [9.17, 15) is 4.79 Å². The number of methoxy groups -OCH3 is 1. The lowest BCUT2D eigenvalue weighted by Gasteiger charge is -2.39. The van der Waals surface area contributed by atoms with Gasteiger partial charge in [0.15, 0.2) is 0 Å². The zero-order valence-electron chi connectivity index (χ0n) is 16.2. The van der Waals surface area contributed by atoms with E-state index < -0.39 is 0 Å². The van der Waals surface area contributed by atoms with Crippen LogP contribution in [0.15, 0.2) is 36.7 Å². The number of piperazine rings is 1. The van der Waals surface area contributed by atoms with E-state index in [-0.39, 0.29) is 11.8 Å². The molecule has 148 valence electrons. The van der Waals surface area contributed by atoms with E-state index in [4.69, 9.17) is 4.74 Å². The number of piperidine rings is 1. The van der Waals surface area contributed by atoms with Gasteiger partial charge in [-0.2, -0.15) is 4.98 Å². The van der Waals surface area contributed by atoms with Crippen molar-refractivity contribution in [3.63, 3.8) is 0 Å². The maximum Gasteiger partial charge on any atom is 0.228 e. The van der Waals surface area contributed by atoms with E-state index in [1.165, 1.54) is 0 Å². The highest BCUT2D eigenvalue weighted by atomic mass is 16.5. The van der Waals surface area contributed by atoms with Crippen LogP contribution in [0.25, 0.3) is 0 Å². The Morgan fingerprint density at radius 1 is 0.964 bits per heavy atom. The number of hydrogen-bond acceptors (Lipinski definition) is 7. The molecule has 0 aromatic carbocycles. The van der Waals surface area contributed by atoms with Gasteiger partial charge in [0.05, 0.1) is 7.11 Å². The molecule has 0 atom stereocenters. The van der Waals surface area contributed by atoms with Gasteiger partial charge in [0, 0.05) is 63.6 Å². The molecule has 1 amide bonds. The summed E-state index contributed by atoms with van der Waals surface area (Å²) >= 11 is 0. The number of carbonyl (C=O) groups excluding carboxylic acids is 1. The van der Waals surface area contributed by atoms with Gasteiger partial charge in [0.2, 0.25) is 17.7 Å². The van der Waals surface area contributed by atoms with Gasteiger partial charge >= 0.3 is 0 Å². The Hall–Kier alpha value is -2.90. The number of pyridine rings is 1. The predicted molar refractivity (Wildman–Crippen MR) is 107 cm³/mol. The number of amides is 1. The van der Waals surface area contributed by atoms with Crippen LogP contribution in [0.3, 0.4) is 0 Å². The summed E-state index contributed by atoms with van der Waals surface area (Å²) in [4.78, 5) is 32.5. The fourth-order valence-corrected chi connectivity index (χ4v) is 3.88. The summed E-state index contributed by atoms with van der Waals surface area (Å²) in [6, 6.07) is 7.68. The average molecular weight is 382 g/mol. The Bertz CT molecular complexity index is 786. The Morgan fingerprint density at radius 2 is 1.75 bits per heavy atom. The molecule has 8 nitrogen and oxygen atoms in total. The number of rotatable bonds is 4. The van der Waals surface area contributed by atoms with Crippen LogP contribution >= 0.6 is 0 Å². The van der Waals surface area contributed by atoms with E-state index in [0.29, 0.717) is 11.8 Å². The summed E-state index contributed by atoms with van der Waals surface area (Å²) in [5.74, 6) is 2.60. The quantitative estimate of drug-likeness (QED) is 0.792. The highest BCUT2D eigenvalue weighted by Gasteiger charge is 2.31. The van der Waals surface area contributed by atoms with E-state index in [0.717, 1.165) is 57.9 Å². The molecule has 0 unspecified atom stereocenters. The van der Waals surface area contributed by atoms with Crippen LogP contribution < -0.4 is 14.5 Å². The summed E-state index contributed by atoms with van der Waals surface area (Å²) < 4.78 is 5.18. The van der Waals surface area contributed by atoms with E-state index in [1.807, 2.05) is 29.3 Å². The molecule has 0 spiro atoms. The molecule has 8 heteroatoms. The molecule has 2 aliphatic rings. The third kappa shape index (κ3) is 4.00. The Kier molecular flexibility index (Phi) is 5.55. The van der Waals surface area contributed by atoms with Crippen molar-refractivity contribution < 1.29 is 9.53 Å². The molecule has 2 saturated heterocycles. The second kappa shape index (κ2) is 8.41. The van der Waals surface area contributed by atoms with Crippen molar-refractivity contribution in [2.75, 3.05) is 56.2 Å². The number of carbonyl (C=O) groups is 1. The molecular weight excluding hydrogens is 356 g/mol. The maximum absolute atomic E-state index is 13.0. The van der Waals surface area contributed by atoms with Crippen LogP contribution in [-0.4, -0.2) is 72.1 Å². The molecule has 2 aromatic rings. The highest BCUT2D eigenvalue weighted by Crippen LogP contribution is 2.24. The summed E-state index contributed by atoms with van der Waals surface area (Å²) in [5.41, 5.74) is 0. The first-order valence-corrected chi connectivity index (χ1v) is 9.81. The molecule has 2 aliphatic heterocycles. The maximum atomic E-state index is 13.0. The number of nitrogens with zero attached hydrogens (tertiary/aromatic N) is 6. The van der Waals surface area contributed by atoms with Gasteiger partial charge in [-0.1, -0.05) is 6.07 Å². The SMILES string of the molecule is COc1ccnc(N2CCC(C(=O)N3CCN(c4ccccn4)CC3)CC2)n1. The number of ether oxygens (including phenoxy) is 1. The van der Waals surface area contributed by atoms with Crippen molar-refractivity contribution in [3.8, 4) is 5.88 Å². The molecule has 4 heterocycles. The first kappa shape index (κ1) is 18.5. The largest absolute Gasteiger partial charge is 0.481 e. The number of anilines is 2. The van der Waals surface area contributed by atoms with Crippen LogP contribution in [-0.2, 0) is 4.79 Å². The fraction of sp³-hybridized carbons (Fsp3) is 0.500. The van der Waals surface area contributed by atoms with Gasteiger partial charge in [-0.05, 0) is 25.0 Å². The van der Waals surface area contributed by atoms with Crippen molar-refractivity contribution in [1.82, 2.24) is 19.9 Å². The predicted octanol–water partition coefficient (Wildman–Crippen LogP) is 1.45. The van der Waals surface area contributed by atoms with Crippen LogP contribution in [0.2, 0.25) is 0 Å². The Balaban J connectivity index is 1.28. The molecule has 0 bridgehead atoms. The second-order valence-corrected chi connectivity index (χ2v) is 7.16. The second-order valence-electron chi connectivity index (χ2n) is 7.16. The molecular formula is C20H26N6O2. The third-order valence-electron chi connectivity index (χ3n) is 5.52.